The third-order valence-electron chi connectivity index (χ3n) is 3.43. The average molecular weight is 267 g/mol. The van der Waals surface area contributed by atoms with E-state index in [1.54, 1.807) is 17.5 Å². The molecule has 2 N–H and O–H groups in total. The number of piperidine rings is 1. The van der Waals surface area contributed by atoms with Gasteiger partial charge < -0.3 is 10.6 Å². The van der Waals surface area contributed by atoms with E-state index in [1.165, 1.54) is 0 Å². The Labute approximate surface area is 112 Å². The van der Waals surface area contributed by atoms with Gasteiger partial charge in [-0.3, -0.25) is 4.79 Å². The normalized spacial score (nSPS) is 18.5. The fourth-order valence-electron chi connectivity index (χ4n) is 2.35. The molecule has 0 bridgehead atoms. The number of rotatable bonds is 5. The minimum Gasteiger partial charge on any atom is -0.347 e. The van der Waals surface area contributed by atoms with E-state index in [9.17, 15) is 4.79 Å². The van der Waals surface area contributed by atoms with Crippen LogP contribution in [0.1, 0.15) is 43.7 Å². The zero-order valence-electron chi connectivity index (χ0n) is 10.8. The SMILES string of the molecule is CCC(NC(=O)CC1CCNCC1)c1nccs1. The molecule has 0 saturated carbocycles. The Balaban J connectivity index is 1.82. The molecule has 1 unspecified atom stereocenters. The van der Waals surface area contributed by atoms with Crippen molar-refractivity contribution in [2.45, 2.75) is 38.6 Å². The molecule has 18 heavy (non-hydrogen) atoms. The summed E-state index contributed by atoms with van der Waals surface area (Å²) < 4.78 is 0. The first-order valence-corrected chi connectivity index (χ1v) is 7.57. The van der Waals surface area contributed by atoms with Crippen LogP contribution in [0.3, 0.4) is 0 Å². The summed E-state index contributed by atoms with van der Waals surface area (Å²) in [5.74, 6) is 0.712. The van der Waals surface area contributed by atoms with Crippen molar-refractivity contribution >= 4 is 17.2 Å². The van der Waals surface area contributed by atoms with Gasteiger partial charge in [0.05, 0.1) is 6.04 Å². The molecule has 0 radical (unpaired) electrons. The van der Waals surface area contributed by atoms with Crippen LogP contribution in [-0.4, -0.2) is 24.0 Å². The molecular weight excluding hydrogens is 246 g/mol. The van der Waals surface area contributed by atoms with E-state index >= 15 is 0 Å². The number of amides is 1. The smallest absolute Gasteiger partial charge is 0.220 e. The monoisotopic (exact) mass is 267 g/mol. The van der Waals surface area contributed by atoms with Gasteiger partial charge in [0.25, 0.3) is 0 Å². The Morgan fingerprint density at radius 1 is 1.61 bits per heavy atom. The summed E-state index contributed by atoms with van der Waals surface area (Å²) in [5.41, 5.74) is 0. The van der Waals surface area contributed by atoms with Crippen LogP contribution in [0.2, 0.25) is 0 Å². The van der Waals surface area contributed by atoms with Crippen LogP contribution in [-0.2, 0) is 4.79 Å². The number of hydrogen-bond donors (Lipinski definition) is 2. The van der Waals surface area contributed by atoms with E-state index in [0.29, 0.717) is 12.3 Å². The molecule has 0 aliphatic carbocycles. The summed E-state index contributed by atoms with van der Waals surface area (Å²) in [6.07, 6.45) is 5.57. The Morgan fingerprint density at radius 2 is 2.39 bits per heavy atom. The highest BCUT2D eigenvalue weighted by Gasteiger charge is 2.20. The predicted octanol–water partition coefficient (Wildman–Crippen LogP) is 2.10. The molecule has 1 saturated heterocycles. The van der Waals surface area contributed by atoms with Crippen molar-refractivity contribution in [3.8, 4) is 0 Å². The van der Waals surface area contributed by atoms with Gasteiger partial charge in [0, 0.05) is 18.0 Å². The highest BCUT2D eigenvalue weighted by Crippen LogP contribution is 2.20. The van der Waals surface area contributed by atoms with Crippen LogP contribution in [0.25, 0.3) is 0 Å². The van der Waals surface area contributed by atoms with Gasteiger partial charge >= 0.3 is 0 Å². The van der Waals surface area contributed by atoms with Crippen LogP contribution in [0.15, 0.2) is 11.6 Å². The highest BCUT2D eigenvalue weighted by molar-refractivity contribution is 7.09. The number of aromatic nitrogens is 1. The van der Waals surface area contributed by atoms with Crippen molar-refractivity contribution in [1.29, 1.82) is 0 Å². The van der Waals surface area contributed by atoms with Crippen molar-refractivity contribution in [3.63, 3.8) is 0 Å². The molecule has 1 aliphatic rings. The van der Waals surface area contributed by atoms with Crippen LogP contribution < -0.4 is 10.6 Å². The Morgan fingerprint density at radius 3 is 3.00 bits per heavy atom. The first-order chi connectivity index (χ1) is 8.79. The maximum absolute atomic E-state index is 12.0. The molecule has 4 nitrogen and oxygen atoms in total. The van der Waals surface area contributed by atoms with Gasteiger partial charge in [0.15, 0.2) is 0 Å². The average Bonchev–Trinajstić information content (AvgIpc) is 2.91. The lowest BCUT2D eigenvalue weighted by atomic mass is 9.94. The van der Waals surface area contributed by atoms with Crippen molar-refractivity contribution in [3.05, 3.63) is 16.6 Å². The first kappa shape index (κ1) is 13.5. The van der Waals surface area contributed by atoms with Crippen LogP contribution in [0, 0.1) is 5.92 Å². The van der Waals surface area contributed by atoms with E-state index in [1.807, 2.05) is 5.38 Å². The maximum Gasteiger partial charge on any atom is 0.220 e. The molecule has 0 spiro atoms. The highest BCUT2D eigenvalue weighted by atomic mass is 32.1. The summed E-state index contributed by atoms with van der Waals surface area (Å²) >= 11 is 1.61. The third kappa shape index (κ3) is 3.78. The topological polar surface area (TPSA) is 54.0 Å². The van der Waals surface area contributed by atoms with Crippen LogP contribution in [0.5, 0.6) is 0 Å². The second-order valence-electron chi connectivity index (χ2n) is 4.80. The maximum atomic E-state index is 12.0. The Hall–Kier alpha value is -0.940. The largest absolute Gasteiger partial charge is 0.347 e. The summed E-state index contributed by atoms with van der Waals surface area (Å²) in [6, 6.07) is 0.0826. The van der Waals surface area contributed by atoms with Gasteiger partial charge in [-0.05, 0) is 38.3 Å². The predicted molar refractivity (Wildman–Crippen MR) is 73.5 cm³/mol. The van der Waals surface area contributed by atoms with Crippen molar-refractivity contribution in [2.75, 3.05) is 13.1 Å². The standard InChI is InChI=1S/C13H21N3OS/c1-2-11(13-15-7-8-18-13)16-12(17)9-10-3-5-14-6-4-10/h7-8,10-11,14H,2-6,9H2,1H3,(H,16,17). The van der Waals surface area contributed by atoms with E-state index in [4.69, 9.17) is 0 Å². The third-order valence-corrected chi connectivity index (χ3v) is 4.31. The fourth-order valence-corrected chi connectivity index (χ4v) is 3.12. The second-order valence-corrected chi connectivity index (χ2v) is 5.72. The Kier molecular flexibility index (Phi) is 5.13. The summed E-state index contributed by atoms with van der Waals surface area (Å²) in [5, 5.41) is 9.39. The molecule has 5 heteroatoms. The van der Waals surface area contributed by atoms with E-state index < -0.39 is 0 Å². The number of hydrogen-bond acceptors (Lipinski definition) is 4. The van der Waals surface area contributed by atoms with E-state index in [0.717, 1.165) is 37.4 Å². The minimum absolute atomic E-state index is 0.0826. The molecule has 1 amide bonds. The molecule has 1 aromatic rings. The van der Waals surface area contributed by atoms with Gasteiger partial charge in [-0.15, -0.1) is 11.3 Å². The fraction of sp³-hybridized carbons (Fsp3) is 0.692. The van der Waals surface area contributed by atoms with Crippen molar-refractivity contribution in [1.82, 2.24) is 15.6 Å². The van der Waals surface area contributed by atoms with Gasteiger partial charge in [0.1, 0.15) is 5.01 Å². The van der Waals surface area contributed by atoms with Gasteiger partial charge in [0.2, 0.25) is 5.91 Å². The van der Waals surface area contributed by atoms with E-state index in [2.05, 4.69) is 22.5 Å². The summed E-state index contributed by atoms with van der Waals surface area (Å²) in [6.45, 7) is 4.17. The first-order valence-electron chi connectivity index (χ1n) is 6.69. The molecule has 1 atom stereocenters. The zero-order chi connectivity index (χ0) is 12.8. The number of carbonyl (C=O) groups is 1. The molecule has 2 heterocycles. The summed E-state index contributed by atoms with van der Waals surface area (Å²) in [4.78, 5) is 16.3. The second kappa shape index (κ2) is 6.85. The van der Waals surface area contributed by atoms with Gasteiger partial charge in [-0.25, -0.2) is 4.98 Å². The quantitative estimate of drug-likeness (QED) is 0.859. The molecule has 1 fully saturated rings. The van der Waals surface area contributed by atoms with Gasteiger partial charge in [-0.1, -0.05) is 6.92 Å². The lowest BCUT2D eigenvalue weighted by Gasteiger charge is -2.23. The number of carbonyl (C=O) groups excluding carboxylic acids is 1. The Bertz CT molecular complexity index is 360. The van der Waals surface area contributed by atoms with Crippen LogP contribution >= 0.6 is 11.3 Å². The molecule has 1 aliphatic heterocycles. The number of nitrogens with one attached hydrogen (secondary N) is 2. The van der Waals surface area contributed by atoms with Crippen molar-refractivity contribution < 1.29 is 4.79 Å². The zero-order valence-corrected chi connectivity index (χ0v) is 11.6. The van der Waals surface area contributed by atoms with Gasteiger partial charge in [-0.2, -0.15) is 0 Å². The number of thiazole rings is 1. The molecule has 100 valence electrons. The molecular formula is C13H21N3OS. The minimum atomic E-state index is 0.0826. The molecule has 2 rings (SSSR count). The molecule has 1 aromatic heterocycles. The van der Waals surface area contributed by atoms with Crippen molar-refractivity contribution in [2.24, 2.45) is 5.92 Å². The lowest BCUT2D eigenvalue weighted by molar-refractivity contribution is -0.123. The van der Waals surface area contributed by atoms with E-state index in [-0.39, 0.29) is 11.9 Å². The number of nitrogens with zero attached hydrogens (tertiary/aromatic N) is 1. The summed E-state index contributed by atoms with van der Waals surface area (Å²) in [7, 11) is 0. The molecule has 0 aromatic carbocycles. The lowest BCUT2D eigenvalue weighted by Crippen LogP contribution is -2.33. The van der Waals surface area contributed by atoms with Crippen LogP contribution in [0.4, 0.5) is 0 Å².